The number of anilines is 3. The molecule has 1 aromatic carbocycles. The van der Waals surface area contributed by atoms with Gasteiger partial charge in [-0.1, -0.05) is 25.7 Å². The van der Waals surface area contributed by atoms with Crippen LogP contribution in [0.5, 0.6) is 0 Å². The monoisotopic (exact) mass is 405 g/mol. The summed E-state index contributed by atoms with van der Waals surface area (Å²) in [6, 6.07) is 9.05. The Hall–Kier alpha value is -2.67. The van der Waals surface area contributed by atoms with Gasteiger partial charge in [0.1, 0.15) is 0 Å². The molecule has 1 aliphatic carbocycles. The van der Waals surface area contributed by atoms with E-state index in [0.717, 1.165) is 42.9 Å². The minimum Gasteiger partial charge on any atom is -0.369 e. The van der Waals surface area contributed by atoms with Crippen molar-refractivity contribution in [1.29, 1.82) is 0 Å². The summed E-state index contributed by atoms with van der Waals surface area (Å²) in [4.78, 5) is 14.1. The normalized spacial score (nSPS) is 19.2. The van der Waals surface area contributed by atoms with E-state index in [2.05, 4.69) is 61.2 Å². The zero-order valence-electron chi connectivity index (χ0n) is 17.8. The van der Waals surface area contributed by atoms with E-state index >= 15 is 0 Å². The first-order valence-electron chi connectivity index (χ1n) is 11.3. The molecule has 1 N–H and O–H groups in total. The summed E-state index contributed by atoms with van der Waals surface area (Å²) in [5, 5.41) is 9.04. The van der Waals surface area contributed by atoms with Crippen molar-refractivity contribution in [2.75, 3.05) is 43.4 Å². The zero-order chi connectivity index (χ0) is 20.3. The molecule has 158 valence electrons. The molecule has 0 bridgehead atoms. The molecule has 7 heteroatoms. The van der Waals surface area contributed by atoms with Crippen molar-refractivity contribution < 1.29 is 0 Å². The highest BCUT2D eigenvalue weighted by atomic mass is 15.3. The summed E-state index contributed by atoms with van der Waals surface area (Å²) in [5.41, 5.74) is 3.22. The molecule has 0 unspecified atom stereocenters. The lowest BCUT2D eigenvalue weighted by Crippen LogP contribution is -2.44. The third-order valence-corrected chi connectivity index (χ3v) is 6.50. The first-order chi connectivity index (χ1) is 14.8. The fourth-order valence-electron chi connectivity index (χ4n) is 4.61. The van der Waals surface area contributed by atoms with Gasteiger partial charge in [0.05, 0.1) is 17.6 Å². The largest absolute Gasteiger partial charge is 0.369 e. The van der Waals surface area contributed by atoms with Gasteiger partial charge in [0.15, 0.2) is 5.65 Å². The maximum Gasteiger partial charge on any atom is 0.229 e. The van der Waals surface area contributed by atoms with Crippen LogP contribution in [-0.4, -0.2) is 57.9 Å². The molecule has 30 heavy (non-hydrogen) atoms. The van der Waals surface area contributed by atoms with Gasteiger partial charge in [-0.3, -0.25) is 0 Å². The molecular weight excluding hydrogens is 374 g/mol. The molecule has 0 amide bonds. The predicted octanol–water partition coefficient (Wildman–Crippen LogP) is 4.22. The van der Waals surface area contributed by atoms with Gasteiger partial charge in [-0.25, -0.2) is 9.67 Å². The summed E-state index contributed by atoms with van der Waals surface area (Å²) >= 11 is 0. The van der Waals surface area contributed by atoms with Crippen LogP contribution in [0, 0.1) is 0 Å². The molecule has 0 atom stereocenters. The smallest absolute Gasteiger partial charge is 0.229 e. The van der Waals surface area contributed by atoms with Crippen LogP contribution in [0.3, 0.4) is 0 Å². The molecular formula is C23H31N7. The SMILES string of the molecule is CN1CCN(c2ccc(Nc3ncc4cnn(C5CCCCCC5)c4n3)cc2)CC1. The van der Waals surface area contributed by atoms with Crippen molar-refractivity contribution in [1.82, 2.24) is 24.6 Å². The van der Waals surface area contributed by atoms with Gasteiger partial charge < -0.3 is 15.1 Å². The molecule has 0 spiro atoms. The number of piperazine rings is 1. The van der Waals surface area contributed by atoms with Crippen molar-refractivity contribution in [2.45, 2.75) is 44.6 Å². The molecule has 1 saturated carbocycles. The van der Waals surface area contributed by atoms with Crippen molar-refractivity contribution in [3.05, 3.63) is 36.7 Å². The predicted molar refractivity (Wildman–Crippen MR) is 121 cm³/mol. The maximum atomic E-state index is 4.82. The number of nitrogens with one attached hydrogen (secondary N) is 1. The van der Waals surface area contributed by atoms with Crippen LogP contribution < -0.4 is 10.2 Å². The third kappa shape index (κ3) is 4.12. The molecule has 0 radical (unpaired) electrons. The highest BCUT2D eigenvalue weighted by molar-refractivity contribution is 5.75. The lowest BCUT2D eigenvalue weighted by molar-refractivity contribution is 0.313. The zero-order valence-corrected chi connectivity index (χ0v) is 17.8. The quantitative estimate of drug-likeness (QED) is 0.656. The summed E-state index contributed by atoms with van der Waals surface area (Å²) in [6.45, 7) is 4.38. The summed E-state index contributed by atoms with van der Waals surface area (Å²) in [5.74, 6) is 0.630. The molecule has 1 saturated heterocycles. The van der Waals surface area contributed by atoms with Crippen LogP contribution in [0.15, 0.2) is 36.7 Å². The minimum atomic E-state index is 0.454. The molecule has 5 rings (SSSR count). The maximum absolute atomic E-state index is 4.82. The Balaban J connectivity index is 1.32. The van der Waals surface area contributed by atoms with E-state index in [4.69, 9.17) is 4.98 Å². The van der Waals surface area contributed by atoms with Gasteiger partial charge in [-0.2, -0.15) is 10.1 Å². The average Bonchev–Trinajstić information content (AvgIpc) is 3.00. The number of nitrogens with zero attached hydrogens (tertiary/aromatic N) is 6. The Labute approximate surface area is 178 Å². The van der Waals surface area contributed by atoms with E-state index in [1.807, 2.05) is 12.4 Å². The number of hydrogen-bond donors (Lipinski definition) is 1. The van der Waals surface area contributed by atoms with Crippen molar-refractivity contribution >= 4 is 28.4 Å². The second-order valence-electron chi connectivity index (χ2n) is 8.67. The molecule has 2 aromatic heterocycles. The van der Waals surface area contributed by atoms with Crippen molar-refractivity contribution in [2.24, 2.45) is 0 Å². The third-order valence-electron chi connectivity index (χ3n) is 6.50. The number of aromatic nitrogens is 4. The fraction of sp³-hybridized carbons (Fsp3) is 0.522. The van der Waals surface area contributed by atoms with Crippen LogP contribution >= 0.6 is 0 Å². The van der Waals surface area contributed by atoms with E-state index in [9.17, 15) is 0 Å². The molecule has 2 fully saturated rings. The molecule has 7 nitrogen and oxygen atoms in total. The van der Waals surface area contributed by atoms with Crippen molar-refractivity contribution in [3.8, 4) is 0 Å². The topological polar surface area (TPSA) is 62.1 Å². The van der Waals surface area contributed by atoms with E-state index in [0.29, 0.717) is 12.0 Å². The second-order valence-corrected chi connectivity index (χ2v) is 8.67. The van der Waals surface area contributed by atoms with Crippen molar-refractivity contribution in [3.63, 3.8) is 0 Å². The Morgan fingerprint density at radius 2 is 1.63 bits per heavy atom. The summed E-state index contributed by atoms with van der Waals surface area (Å²) in [6.07, 6.45) is 11.4. The Morgan fingerprint density at radius 1 is 0.900 bits per heavy atom. The molecule has 1 aliphatic heterocycles. The molecule has 2 aliphatic rings. The lowest BCUT2D eigenvalue weighted by atomic mass is 10.1. The Kier molecular flexibility index (Phi) is 5.53. The standard InChI is InChI=1S/C23H31N7/c1-28-12-14-29(15-13-28)20-10-8-19(9-11-20)26-23-24-16-18-17-25-30(22(18)27-23)21-6-4-2-3-5-7-21/h8-11,16-17,21H,2-7,12-15H2,1H3,(H,24,26,27). The van der Waals surface area contributed by atoms with E-state index in [-0.39, 0.29) is 0 Å². The minimum absolute atomic E-state index is 0.454. The first-order valence-corrected chi connectivity index (χ1v) is 11.3. The van der Waals surface area contributed by atoms with Gasteiger partial charge in [0, 0.05) is 43.8 Å². The lowest BCUT2D eigenvalue weighted by Gasteiger charge is -2.34. The highest BCUT2D eigenvalue weighted by Gasteiger charge is 2.18. The number of fused-ring (bicyclic) bond motifs is 1. The number of rotatable bonds is 4. The number of hydrogen-bond acceptors (Lipinski definition) is 6. The summed E-state index contributed by atoms with van der Waals surface area (Å²) < 4.78 is 2.13. The van der Waals surface area contributed by atoms with Gasteiger partial charge in [-0.05, 0) is 44.2 Å². The van der Waals surface area contributed by atoms with Gasteiger partial charge in [-0.15, -0.1) is 0 Å². The van der Waals surface area contributed by atoms with Crippen LogP contribution in [0.1, 0.15) is 44.6 Å². The Bertz CT molecular complexity index is 965. The van der Waals surface area contributed by atoms with Crippen LogP contribution in [0.4, 0.5) is 17.3 Å². The van der Waals surface area contributed by atoms with E-state index in [1.165, 1.54) is 44.2 Å². The number of likely N-dealkylation sites (N-methyl/N-ethyl adjacent to an activating group) is 1. The summed E-state index contributed by atoms with van der Waals surface area (Å²) in [7, 11) is 2.18. The van der Waals surface area contributed by atoms with Crippen LogP contribution in [0.2, 0.25) is 0 Å². The van der Waals surface area contributed by atoms with E-state index < -0.39 is 0 Å². The van der Waals surface area contributed by atoms with Gasteiger partial charge >= 0.3 is 0 Å². The highest BCUT2D eigenvalue weighted by Crippen LogP contribution is 2.29. The fourth-order valence-corrected chi connectivity index (χ4v) is 4.61. The first kappa shape index (κ1) is 19.3. The molecule has 3 aromatic rings. The van der Waals surface area contributed by atoms with Crippen LogP contribution in [0.25, 0.3) is 11.0 Å². The van der Waals surface area contributed by atoms with Gasteiger partial charge in [0.25, 0.3) is 0 Å². The number of benzene rings is 1. The molecule has 3 heterocycles. The van der Waals surface area contributed by atoms with Gasteiger partial charge in [0.2, 0.25) is 5.95 Å². The van der Waals surface area contributed by atoms with Crippen LogP contribution in [-0.2, 0) is 0 Å². The second kappa shape index (κ2) is 8.60. The van der Waals surface area contributed by atoms with E-state index in [1.54, 1.807) is 0 Å². The Morgan fingerprint density at radius 3 is 2.37 bits per heavy atom. The average molecular weight is 406 g/mol.